The summed E-state index contributed by atoms with van der Waals surface area (Å²) in [5, 5.41) is 6.60. The minimum atomic E-state index is -0.986. The fourth-order valence-electron chi connectivity index (χ4n) is 4.16. The molecule has 2 atom stereocenters. The topological polar surface area (TPSA) is 58.2 Å². The van der Waals surface area contributed by atoms with Crippen LogP contribution in [0.15, 0.2) is 78.9 Å². The lowest BCUT2D eigenvalue weighted by Crippen LogP contribution is -2.57. The van der Waals surface area contributed by atoms with E-state index in [0.717, 1.165) is 16.8 Å². The Morgan fingerprint density at radius 3 is 2.15 bits per heavy atom. The minimum absolute atomic E-state index is 0.0129. The van der Waals surface area contributed by atoms with Crippen molar-refractivity contribution >= 4 is 17.4 Å². The Labute approximate surface area is 150 Å². The van der Waals surface area contributed by atoms with Gasteiger partial charge in [0.15, 0.2) is 11.4 Å². The summed E-state index contributed by atoms with van der Waals surface area (Å²) in [6, 6.07) is 24.5. The van der Waals surface area contributed by atoms with E-state index in [-0.39, 0.29) is 11.7 Å². The predicted octanol–water partition coefficient (Wildman–Crippen LogP) is 3.68. The summed E-state index contributed by atoms with van der Waals surface area (Å²) in [5.41, 5.74) is 2.67. The third-order valence-corrected chi connectivity index (χ3v) is 5.26. The first-order chi connectivity index (χ1) is 12.7. The summed E-state index contributed by atoms with van der Waals surface area (Å²) in [5.74, 6) is -0.692. The van der Waals surface area contributed by atoms with Crippen LogP contribution >= 0.6 is 0 Å². The molecular weight excluding hydrogens is 324 g/mol. The molecule has 2 N–H and O–H groups in total. The zero-order valence-corrected chi connectivity index (χ0v) is 13.9. The van der Waals surface area contributed by atoms with E-state index in [1.165, 1.54) is 0 Å². The van der Waals surface area contributed by atoms with Crippen molar-refractivity contribution in [3.63, 3.8) is 0 Å². The summed E-state index contributed by atoms with van der Waals surface area (Å²) in [6.45, 7) is 0. The number of carbonyl (C=O) groups is 2. The van der Waals surface area contributed by atoms with Gasteiger partial charge >= 0.3 is 0 Å². The number of hydrogen-bond acceptors (Lipinski definition) is 3. The lowest BCUT2D eigenvalue weighted by Gasteiger charge is -2.42. The highest BCUT2D eigenvalue weighted by atomic mass is 16.2. The lowest BCUT2D eigenvalue weighted by atomic mass is 9.83. The van der Waals surface area contributed by atoms with Crippen LogP contribution in [0.25, 0.3) is 0 Å². The Morgan fingerprint density at radius 1 is 0.692 bits per heavy atom. The largest absolute Gasteiger partial charge is 0.357 e. The van der Waals surface area contributed by atoms with Crippen molar-refractivity contribution < 1.29 is 9.59 Å². The molecule has 0 fully saturated rings. The summed E-state index contributed by atoms with van der Waals surface area (Å²) in [6.07, 6.45) is 0. The summed E-state index contributed by atoms with van der Waals surface area (Å²) >= 11 is 0. The molecule has 0 bridgehead atoms. The Bertz CT molecular complexity index is 1040. The highest BCUT2D eigenvalue weighted by molar-refractivity contribution is 6.11. The zero-order valence-electron chi connectivity index (χ0n) is 13.9. The number of nitrogens with one attached hydrogen (secondary N) is 2. The molecule has 3 aromatic rings. The molecule has 126 valence electrons. The van der Waals surface area contributed by atoms with Gasteiger partial charge in [-0.25, -0.2) is 0 Å². The van der Waals surface area contributed by atoms with Gasteiger partial charge in [-0.05, 0) is 17.7 Å². The van der Waals surface area contributed by atoms with Gasteiger partial charge in [0.1, 0.15) is 0 Å². The van der Waals surface area contributed by atoms with Crippen molar-refractivity contribution in [2.75, 3.05) is 5.32 Å². The summed E-state index contributed by atoms with van der Waals surface area (Å²) < 4.78 is 0. The molecule has 0 aromatic heterocycles. The first kappa shape index (κ1) is 14.9. The van der Waals surface area contributed by atoms with Gasteiger partial charge in [0.25, 0.3) is 5.91 Å². The maximum absolute atomic E-state index is 13.3. The molecule has 4 nitrogen and oxygen atoms in total. The number of rotatable bonds is 1. The summed E-state index contributed by atoms with van der Waals surface area (Å²) in [7, 11) is 0. The fourth-order valence-corrected chi connectivity index (χ4v) is 4.16. The molecule has 2 aliphatic rings. The van der Waals surface area contributed by atoms with Crippen molar-refractivity contribution in [1.82, 2.24) is 5.32 Å². The Kier molecular flexibility index (Phi) is 3.04. The number of fused-ring (bicyclic) bond motifs is 3. The average Bonchev–Trinajstić information content (AvgIpc) is 2.91. The molecule has 5 rings (SSSR count). The predicted molar refractivity (Wildman–Crippen MR) is 99.2 cm³/mol. The van der Waals surface area contributed by atoms with Crippen molar-refractivity contribution in [2.24, 2.45) is 0 Å². The maximum atomic E-state index is 13.3. The molecule has 1 aliphatic heterocycles. The quantitative estimate of drug-likeness (QED) is 0.710. The standard InChI is InChI=1S/C22H16N2O2/c25-20-15-10-4-6-12-17(15)22(19(20)14-8-2-1-3-9-14)23-18-13-7-5-11-16(18)21(26)24-22/h1-13,19,23H,(H,24,26). The van der Waals surface area contributed by atoms with Crippen LogP contribution in [0, 0.1) is 0 Å². The van der Waals surface area contributed by atoms with E-state index < -0.39 is 11.6 Å². The molecule has 26 heavy (non-hydrogen) atoms. The molecule has 1 amide bonds. The van der Waals surface area contributed by atoms with E-state index in [2.05, 4.69) is 10.6 Å². The third-order valence-electron chi connectivity index (χ3n) is 5.26. The van der Waals surface area contributed by atoms with Crippen molar-refractivity contribution in [1.29, 1.82) is 0 Å². The van der Waals surface area contributed by atoms with Gasteiger partial charge in [0.05, 0.1) is 11.5 Å². The van der Waals surface area contributed by atoms with Crippen LogP contribution in [0.4, 0.5) is 5.69 Å². The van der Waals surface area contributed by atoms with Crippen LogP contribution < -0.4 is 10.6 Å². The molecule has 2 unspecified atom stereocenters. The van der Waals surface area contributed by atoms with Gasteiger partial charge in [-0.1, -0.05) is 66.7 Å². The second-order valence-corrected chi connectivity index (χ2v) is 6.69. The molecule has 1 aliphatic carbocycles. The second-order valence-electron chi connectivity index (χ2n) is 6.69. The fraction of sp³-hybridized carbons (Fsp3) is 0.0909. The van der Waals surface area contributed by atoms with Crippen LogP contribution in [-0.2, 0) is 5.66 Å². The van der Waals surface area contributed by atoms with Gasteiger partial charge in [-0.15, -0.1) is 0 Å². The number of hydrogen-bond donors (Lipinski definition) is 2. The molecule has 1 heterocycles. The Morgan fingerprint density at radius 2 is 1.35 bits per heavy atom. The smallest absolute Gasteiger partial charge is 0.255 e. The lowest BCUT2D eigenvalue weighted by molar-refractivity contribution is 0.0854. The van der Waals surface area contributed by atoms with E-state index in [1.54, 1.807) is 6.07 Å². The molecular formula is C22H16N2O2. The highest BCUT2D eigenvalue weighted by Crippen LogP contribution is 2.49. The molecule has 0 radical (unpaired) electrons. The number of anilines is 1. The Hall–Kier alpha value is -3.40. The van der Waals surface area contributed by atoms with Gasteiger partial charge < -0.3 is 10.6 Å². The molecule has 0 saturated heterocycles. The number of ketones is 1. The second kappa shape index (κ2) is 5.30. The maximum Gasteiger partial charge on any atom is 0.255 e. The van der Waals surface area contributed by atoms with Gasteiger partial charge in [0.2, 0.25) is 0 Å². The molecule has 1 spiro atoms. The monoisotopic (exact) mass is 340 g/mol. The van der Waals surface area contributed by atoms with Crippen molar-refractivity contribution in [3.8, 4) is 0 Å². The van der Waals surface area contributed by atoms with E-state index in [4.69, 9.17) is 0 Å². The number of carbonyl (C=O) groups excluding carboxylic acids is 2. The van der Waals surface area contributed by atoms with Crippen LogP contribution in [-0.4, -0.2) is 11.7 Å². The molecule has 4 heteroatoms. The highest BCUT2D eigenvalue weighted by Gasteiger charge is 2.55. The van der Waals surface area contributed by atoms with Crippen LogP contribution in [0.2, 0.25) is 0 Å². The number of para-hydroxylation sites is 1. The zero-order chi connectivity index (χ0) is 17.7. The van der Waals surface area contributed by atoms with Gasteiger partial charge in [-0.3, -0.25) is 9.59 Å². The normalized spacial score (nSPS) is 23.2. The van der Waals surface area contributed by atoms with E-state index >= 15 is 0 Å². The SMILES string of the molecule is O=C1NC2(Nc3ccccc31)c1ccccc1C(=O)C2c1ccccc1. The molecule has 0 saturated carbocycles. The first-order valence-corrected chi connectivity index (χ1v) is 8.59. The number of amides is 1. The van der Waals surface area contributed by atoms with E-state index in [0.29, 0.717) is 11.1 Å². The van der Waals surface area contributed by atoms with Gasteiger partial charge in [0, 0.05) is 16.8 Å². The van der Waals surface area contributed by atoms with Crippen molar-refractivity contribution in [2.45, 2.75) is 11.6 Å². The Balaban J connectivity index is 1.77. The first-order valence-electron chi connectivity index (χ1n) is 8.59. The van der Waals surface area contributed by atoms with Crippen molar-refractivity contribution in [3.05, 3.63) is 101 Å². The summed E-state index contributed by atoms with van der Waals surface area (Å²) in [4.78, 5) is 26.2. The number of benzene rings is 3. The van der Waals surface area contributed by atoms with Crippen LogP contribution in [0.5, 0.6) is 0 Å². The van der Waals surface area contributed by atoms with Gasteiger partial charge in [-0.2, -0.15) is 0 Å². The average molecular weight is 340 g/mol. The van der Waals surface area contributed by atoms with Crippen LogP contribution in [0.1, 0.15) is 37.8 Å². The third kappa shape index (κ3) is 1.90. The van der Waals surface area contributed by atoms with Crippen LogP contribution in [0.3, 0.4) is 0 Å². The van der Waals surface area contributed by atoms with E-state index in [9.17, 15) is 9.59 Å². The minimum Gasteiger partial charge on any atom is -0.357 e. The molecule has 3 aromatic carbocycles. The number of Topliss-reactive ketones (excluding diaryl/α,β-unsaturated/α-hetero) is 1. The van der Waals surface area contributed by atoms with E-state index in [1.807, 2.05) is 72.8 Å².